The molecule has 8 heteroatoms. The van der Waals surface area contributed by atoms with Crippen molar-refractivity contribution in [2.75, 3.05) is 19.0 Å². The van der Waals surface area contributed by atoms with Gasteiger partial charge in [-0.15, -0.1) is 0 Å². The number of carbonyl (C=O) groups excluding carboxylic acids is 1. The molecule has 2 aromatic carbocycles. The van der Waals surface area contributed by atoms with Gasteiger partial charge in [0.2, 0.25) is 0 Å². The maximum atomic E-state index is 12.0. The number of para-hydroxylation sites is 2. The SMILES string of the molecule is COc1ccccc1OCC(=O)Nc1noc(-c2cccc(Cl)c2)n1. The van der Waals surface area contributed by atoms with E-state index in [1.807, 2.05) is 6.07 Å². The van der Waals surface area contributed by atoms with Crippen LogP contribution in [-0.4, -0.2) is 29.8 Å². The molecular weight excluding hydrogens is 346 g/mol. The molecule has 1 N–H and O–H groups in total. The summed E-state index contributed by atoms with van der Waals surface area (Å²) in [4.78, 5) is 16.1. The Kier molecular flexibility index (Phi) is 5.15. The van der Waals surface area contributed by atoms with Crippen LogP contribution in [0.5, 0.6) is 11.5 Å². The molecule has 0 atom stereocenters. The van der Waals surface area contributed by atoms with Crippen LogP contribution < -0.4 is 14.8 Å². The van der Waals surface area contributed by atoms with Crippen LogP contribution in [0.2, 0.25) is 5.02 Å². The van der Waals surface area contributed by atoms with Crippen molar-refractivity contribution in [1.29, 1.82) is 0 Å². The number of benzene rings is 2. The molecule has 1 amide bonds. The number of nitrogens with one attached hydrogen (secondary N) is 1. The largest absolute Gasteiger partial charge is 0.493 e. The van der Waals surface area contributed by atoms with Crippen molar-refractivity contribution in [3.8, 4) is 23.0 Å². The Hall–Kier alpha value is -3.06. The minimum Gasteiger partial charge on any atom is -0.493 e. The van der Waals surface area contributed by atoms with Crippen molar-refractivity contribution >= 4 is 23.5 Å². The highest BCUT2D eigenvalue weighted by atomic mass is 35.5. The first-order valence-corrected chi connectivity index (χ1v) is 7.69. The molecule has 0 aliphatic carbocycles. The van der Waals surface area contributed by atoms with Crippen molar-refractivity contribution in [2.45, 2.75) is 0 Å². The number of ether oxygens (including phenoxy) is 2. The van der Waals surface area contributed by atoms with E-state index in [1.165, 1.54) is 7.11 Å². The van der Waals surface area contributed by atoms with Gasteiger partial charge in [0.15, 0.2) is 18.1 Å². The molecule has 0 fully saturated rings. The third-order valence-electron chi connectivity index (χ3n) is 3.18. The van der Waals surface area contributed by atoms with Crippen molar-refractivity contribution < 1.29 is 18.8 Å². The van der Waals surface area contributed by atoms with E-state index in [0.29, 0.717) is 22.1 Å². The van der Waals surface area contributed by atoms with Gasteiger partial charge in [-0.3, -0.25) is 10.1 Å². The maximum absolute atomic E-state index is 12.0. The number of nitrogens with zero attached hydrogens (tertiary/aromatic N) is 2. The van der Waals surface area contributed by atoms with Crippen LogP contribution in [0.4, 0.5) is 5.95 Å². The third kappa shape index (κ3) is 4.27. The number of rotatable bonds is 6. The molecule has 3 rings (SSSR count). The highest BCUT2D eigenvalue weighted by molar-refractivity contribution is 6.30. The second kappa shape index (κ2) is 7.67. The van der Waals surface area contributed by atoms with Gasteiger partial charge >= 0.3 is 0 Å². The number of hydrogen-bond donors (Lipinski definition) is 1. The van der Waals surface area contributed by atoms with E-state index >= 15 is 0 Å². The number of aromatic nitrogens is 2. The fourth-order valence-electron chi connectivity index (χ4n) is 2.06. The predicted octanol–water partition coefficient (Wildman–Crippen LogP) is 3.42. The smallest absolute Gasteiger partial charge is 0.270 e. The second-order valence-electron chi connectivity index (χ2n) is 4.92. The van der Waals surface area contributed by atoms with Crippen molar-refractivity contribution in [1.82, 2.24) is 10.1 Å². The monoisotopic (exact) mass is 359 g/mol. The molecule has 1 aromatic heterocycles. The molecular formula is C17H14ClN3O4. The van der Waals surface area contributed by atoms with Crippen molar-refractivity contribution in [3.05, 3.63) is 53.6 Å². The Bertz CT molecular complexity index is 882. The maximum Gasteiger partial charge on any atom is 0.270 e. The molecule has 7 nitrogen and oxygen atoms in total. The normalized spacial score (nSPS) is 10.3. The Morgan fingerprint density at radius 2 is 2.00 bits per heavy atom. The van der Waals surface area contributed by atoms with E-state index in [4.69, 9.17) is 25.6 Å². The first kappa shape index (κ1) is 16.8. The summed E-state index contributed by atoms with van der Waals surface area (Å²) >= 11 is 5.92. The molecule has 3 aromatic rings. The Balaban J connectivity index is 1.60. The first-order valence-electron chi connectivity index (χ1n) is 7.31. The second-order valence-corrected chi connectivity index (χ2v) is 5.36. The average Bonchev–Trinajstić information content (AvgIpc) is 3.08. The average molecular weight is 360 g/mol. The fraction of sp³-hybridized carbons (Fsp3) is 0.118. The van der Waals surface area contributed by atoms with Gasteiger partial charge in [-0.2, -0.15) is 4.98 Å². The molecule has 1 heterocycles. The van der Waals surface area contributed by atoms with Crippen LogP contribution in [-0.2, 0) is 4.79 Å². The quantitative estimate of drug-likeness (QED) is 0.725. The summed E-state index contributed by atoms with van der Waals surface area (Å²) in [5, 5.41) is 6.76. The van der Waals surface area contributed by atoms with Gasteiger partial charge in [-0.1, -0.05) is 29.8 Å². The van der Waals surface area contributed by atoms with Gasteiger partial charge < -0.3 is 14.0 Å². The lowest BCUT2D eigenvalue weighted by atomic mass is 10.2. The fourth-order valence-corrected chi connectivity index (χ4v) is 2.25. The summed E-state index contributed by atoms with van der Waals surface area (Å²) in [7, 11) is 1.53. The number of anilines is 1. The van der Waals surface area contributed by atoms with Crippen LogP contribution in [0, 0.1) is 0 Å². The predicted molar refractivity (Wildman–Crippen MR) is 91.9 cm³/mol. The molecule has 0 aliphatic rings. The minimum absolute atomic E-state index is 0.0450. The Morgan fingerprint density at radius 1 is 1.20 bits per heavy atom. The lowest BCUT2D eigenvalue weighted by Gasteiger charge is -2.09. The Labute approximate surface area is 148 Å². The number of amides is 1. The van der Waals surface area contributed by atoms with E-state index in [-0.39, 0.29) is 18.4 Å². The highest BCUT2D eigenvalue weighted by Crippen LogP contribution is 2.25. The lowest BCUT2D eigenvalue weighted by molar-refractivity contribution is -0.118. The number of carbonyl (C=O) groups is 1. The molecule has 0 spiro atoms. The van der Waals surface area contributed by atoms with E-state index in [1.54, 1.807) is 42.5 Å². The van der Waals surface area contributed by atoms with Crippen LogP contribution in [0.1, 0.15) is 0 Å². The number of methoxy groups -OCH3 is 1. The first-order chi connectivity index (χ1) is 12.2. The van der Waals surface area contributed by atoms with Gasteiger partial charge in [-0.05, 0) is 35.5 Å². The molecule has 128 valence electrons. The zero-order valence-electron chi connectivity index (χ0n) is 13.2. The summed E-state index contributed by atoms with van der Waals surface area (Å²) in [6.45, 7) is -0.221. The lowest BCUT2D eigenvalue weighted by Crippen LogP contribution is -2.21. The molecule has 0 saturated carbocycles. The van der Waals surface area contributed by atoms with Crippen LogP contribution in [0.25, 0.3) is 11.5 Å². The van der Waals surface area contributed by atoms with Crippen LogP contribution in [0.3, 0.4) is 0 Å². The van der Waals surface area contributed by atoms with Crippen LogP contribution >= 0.6 is 11.6 Å². The van der Waals surface area contributed by atoms with Gasteiger partial charge in [0.25, 0.3) is 17.7 Å². The standard InChI is InChI=1S/C17H14ClN3O4/c1-23-13-7-2-3-8-14(13)24-10-15(22)19-17-20-16(25-21-17)11-5-4-6-12(18)9-11/h2-9H,10H2,1H3,(H,19,21,22). The third-order valence-corrected chi connectivity index (χ3v) is 3.41. The van der Waals surface area contributed by atoms with E-state index in [9.17, 15) is 4.79 Å². The van der Waals surface area contributed by atoms with Gasteiger partial charge in [0, 0.05) is 10.6 Å². The molecule has 0 saturated heterocycles. The van der Waals surface area contributed by atoms with Crippen molar-refractivity contribution in [3.63, 3.8) is 0 Å². The van der Waals surface area contributed by atoms with Crippen molar-refractivity contribution in [2.24, 2.45) is 0 Å². The number of hydrogen-bond acceptors (Lipinski definition) is 6. The van der Waals surface area contributed by atoms with E-state index in [2.05, 4.69) is 15.5 Å². The van der Waals surface area contributed by atoms with Gasteiger partial charge in [0.1, 0.15) is 0 Å². The summed E-state index contributed by atoms with van der Waals surface area (Å²) in [6.07, 6.45) is 0. The molecule has 25 heavy (non-hydrogen) atoms. The summed E-state index contributed by atoms with van der Waals surface area (Å²) < 4.78 is 15.7. The highest BCUT2D eigenvalue weighted by Gasteiger charge is 2.13. The molecule has 0 unspecified atom stereocenters. The van der Waals surface area contributed by atoms with Gasteiger partial charge in [0.05, 0.1) is 7.11 Å². The Morgan fingerprint density at radius 3 is 2.76 bits per heavy atom. The van der Waals surface area contributed by atoms with Gasteiger partial charge in [-0.25, -0.2) is 0 Å². The molecule has 0 radical (unpaired) electrons. The summed E-state index contributed by atoms with van der Waals surface area (Å²) in [6, 6.07) is 14.0. The molecule has 0 bridgehead atoms. The van der Waals surface area contributed by atoms with E-state index in [0.717, 1.165) is 0 Å². The topological polar surface area (TPSA) is 86.5 Å². The zero-order valence-corrected chi connectivity index (χ0v) is 14.0. The summed E-state index contributed by atoms with van der Waals surface area (Å²) in [5.41, 5.74) is 0.658. The van der Waals surface area contributed by atoms with E-state index < -0.39 is 5.91 Å². The minimum atomic E-state index is -0.427. The van der Waals surface area contributed by atoms with Crippen LogP contribution in [0.15, 0.2) is 53.1 Å². The number of halogens is 1. The summed E-state index contributed by atoms with van der Waals surface area (Å²) in [5.74, 6) is 0.877. The molecule has 0 aliphatic heterocycles. The zero-order chi connectivity index (χ0) is 17.6.